The van der Waals surface area contributed by atoms with Gasteiger partial charge in [-0.15, -0.1) is 0 Å². The number of ether oxygens (including phenoxy) is 1. The van der Waals surface area contributed by atoms with Crippen molar-refractivity contribution in [2.24, 2.45) is 0 Å². The van der Waals surface area contributed by atoms with Gasteiger partial charge < -0.3 is 9.64 Å². The largest absolute Gasteiger partial charge is 0.376 e. The van der Waals surface area contributed by atoms with Crippen molar-refractivity contribution < 1.29 is 17.9 Å². The maximum atomic E-state index is 12.5. The Hall–Kier alpha value is -1.95. The SMILES string of the molecule is CC(C)N(C)S(=O)(=O)c1ccc(C(=O)N2CCOCC2C#N)cc1. The molecule has 130 valence electrons. The fourth-order valence-corrected chi connectivity index (χ4v) is 3.70. The maximum absolute atomic E-state index is 12.5. The first-order valence-electron chi connectivity index (χ1n) is 7.65. The van der Waals surface area contributed by atoms with Crippen LogP contribution in [0.25, 0.3) is 0 Å². The topological polar surface area (TPSA) is 90.7 Å². The van der Waals surface area contributed by atoms with Crippen molar-refractivity contribution in [3.05, 3.63) is 29.8 Å². The van der Waals surface area contributed by atoms with Gasteiger partial charge in [-0.1, -0.05) is 0 Å². The zero-order chi connectivity index (χ0) is 17.9. The number of carbonyl (C=O) groups is 1. The summed E-state index contributed by atoms with van der Waals surface area (Å²) in [6.45, 7) is 4.49. The van der Waals surface area contributed by atoms with Crippen molar-refractivity contribution in [3.8, 4) is 6.07 Å². The molecule has 7 nitrogen and oxygen atoms in total. The summed E-state index contributed by atoms with van der Waals surface area (Å²) in [7, 11) is -2.07. The second-order valence-electron chi connectivity index (χ2n) is 5.86. The Bertz CT molecular complexity index is 738. The monoisotopic (exact) mass is 351 g/mol. The third kappa shape index (κ3) is 3.59. The summed E-state index contributed by atoms with van der Waals surface area (Å²) in [4.78, 5) is 14.1. The van der Waals surface area contributed by atoms with Crippen LogP contribution in [-0.4, -0.2) is 62.4 Å². The lowest BCUT2D eigenvalue weighted by Gasteiger charge is -2.31. The van der Waals surface area contributed by atoms with Crippen molar-refractivity contribution in [2.75, 3.05) is 26.8 Å². The number of hydrogen-bond acceptors (Lipinski definition) is 5. The molecule has 0 aliphatic carbocycles. The summed E-state index contributed by atoms with van der Waals surface area (Å²) in [5.41, 5.74) is 0.350. The molecular weight excluding hydrogens is 330 g/mol. The van der Waals surface area contributed by atoms with Gasteiger partial charge in [0.2, 0.25) is 10.0 Å². The van der Waals surface area contributed by atoms with E-state index in [9.17, 15) is 13.2 Å². The van der Waals surface area contributed by atoms with Gasteiger partial charge in [0.1, 0.15) is 6.04 Å². The molecule has 1 aliphatic heterocycles. The Kier molecular flexibility index (Phi) is 5.59. The van der Waals surface area contributed by atoms with Crippen LogP contribution in [0.3, 0.4) is 0 Å². The van der Waals surface area contributed by atoms with E-state index in [2.05, 4.69) is 0 Å². The van der Waals surface area contributed by atoms with Gasteiger partial charge in [0.15, 0.2) is 0 Å². The number of amides is 1. The van der Waals surface area contributed by atoms with Crippen molar-refractivity contribution >= 4 is 15.9 Å². The zero-order valence-electron chi connectivity index (χ0n) is 14.0. The quantitative estimate of drug-likeness (QED) is 0.809. The Morgan fingerprint density at radius 2 is 2.00 bits per heavy atom. The molecule has 2 rings (SSSR count). The van der Waals surface area contributed by atoms with E-state index >= 15 is 0 Å². The molecule has 1 aromatic rings. The molecule has 0 aromatic heterocycles. The van der Waals surface area contributed by atoms with Gasteiger partial charge in [0, 0.05) is 25.2 Å². The first-order chi connectivity index (χ1) is 11.3. The summed E-state index contributed by atoms with van der Waals surface area (Å²) in [5.74, 6) is -0.300. The summed E-state index contributed by atoms with van der Waals surface area (Å²) >= 11 is 0. The first kappa shape index (κ1) is 18.4. The molecule has 0 N–H and O–H groups in total. The molecule has 1 fully saturated rings. The van der Waals surface area contributed by atoms with Crippen molar-refractivity contribution in [1.82, 2.24) is 9.21 Å². The zero-order valence-corrected chi connectivity index (χ0v) is 14.8. The average Bonchev–Trinajstić information content (AvgIpc) is 2.60. The highest BCUT2D eigenvalue weighted by Crippen LogP contribution is 2.19. The fourth-order valence-electron chi connectivity index (χ4n) is 2.33. The molecule has 1 atom stereocenters. The Labute approximate surface area is 142 Å². The van der Waals surface area contributed by atoms with Gasteiger partial charge in [-0.05, 0) is 38.1 Å². The minimum absolute atomic E-state index is 0.133. The van der Waals surface area contributed by atoms with Gasteiger partial charge >= 0.3 is 0 Å². The van der Waals surface area contributed by atoms with Crippen molar-refractivity contribution in [1.29, 1.82) is 5.26 Å². The highest BCUT2D eigenvalue weighted by atomic mass is 32.2. The van der Waals surface area contributed by atoms with Gasteiger partial charge in [0.05, 0.1) is 24.2 Å². The summed E-state index contributed by atoms with van der Waals surface area (Å²) in [6.07, 6.45) is 0. The molecule has 1 amide bonds. The van der Waals surface area contributed by atoms with E-state index in [0.717, 1.165) is 0 Å². The van der Waals surface area contributed by atoms with E-state index in [1.165, 1.54) is 40.5 Å². The van der Waals surface area contributed by atoms with Gasteiger partial charge in [0.25, 0.3) is 5.91 Å². The van der Waals surface area contributed by atoms with Gasteiger partial charge in [-0.25, -0.2) is 8.42 Å². The number of nitrogens with zero attached hydrogens (tertiary/aromatic N) is 3. The molecule has 0 saturated carbocycles. The second kappa shape index (κ2) is 7.30. The van der Waals surface area contributed by atoms with E-state index in [4.69, 9.17) is 10.00 Å². The Balaban J connectivity index is 2.23. The minimum atomic E-state index is -3.58. The van der Waals surface area contributed by atoms with Crippen LogP contribution in [0.1, 0.15) is 24.2 Å². The number of morpholine rings is 1. The highest BCUT2D eigenvalue weighted by Gasteiger charge is 2.28. The Morgan fingerprint density at radius 3 is 2.54 bits per heavy atom. The number of benzene rings is 1. The van der Waals surface area contributed by atoms with E-state index in [-0.39, 0.29) is 23.5 Å². The normalized spacial score (nSPS) is 18.7. The van der Waals surface area contributed by atoms with Crippen LogP contribution >= 0.6 is 0 Å². The third-order valence-corrected chi connectivity index (χ3v) is 6.09. The summed E-state index contributed by atoms with van der Waals surface area (Å²) < 4.78 is 31.3. The number of hydrogen-bond donors (Lipinski definition) is 0. The van der Waals surface area contributed by atoms with Crippen LogP contribution in [0.2, 0.25) is 0 Å². The van der Waals surface area contributed by atoms with Crippen LogP contribution in [0.15, 0.2) is 29.2 Å². The van der Waals surface area contributed by atoms with E-state index in [1.807, 2.05) is 6.07 Å². The van der Waals surface area contributed by atoms with Gasteiger partial charge in [-0.2, -0.15) is 9.57 Å². The van der Waals surface area contributed by atoms with Crippen molar-refractivity contribution in [2.45, 2.75) is 30.8 Å². The lowest BCUT2D eigenvalue weighted by molar-refractivity contribution is 0.0132. The van der Waals surface area contributed by atoms with E-state index in [0.29, 0.717) is 18.7 Å². The first-order valence-corrected chi connectivity index (χ1v) is 9.09. The summed E-state index contributed by atoms with van der Waals surface area (Å²) in [5, 5.41) is 9.11. The summed E-state index contributed by atoms with van der Waals surface area (Å²) in [6, 6.07) is 7.05. The second-order valence-corrected chi connectivity index (χ2v) is 7.86. The van der Waals surface area contributed by atoms with Crippen LogP contribution in [0, 0.1) is 11.3 Å². The highest BCUT2D eigenvalue weighted by molar-refractivity contribution is 7.89. The minimum Gasteiger partial charge on any atom is -0.376 e. The number of nitriles is 1. The number of sulfonamides is 1. The smallest absolute Gasteiger partial charge is 0.255 e. The standard InChI is InChI=1S/C16H21N3O4S/c1-12(2)18(3)24(21,22)15-6-4-13(5-7-15)16(20)19-8-9-23-11-14(19)10-17/h4-7,12,14H,8-9,11H2,1-3H3. The molecule has 0 radical (unpaired) electrons. The predicted octanol–water partition coefficient (Wildman–Crippen LogP) is 1.08. The van der Waals surface area contributed by atoms with E-state index in [1.54, 1.807) is 13.8 Å². The average molecular weight is 351 g/mol. The predicted molar refractivity (Wildman–Crippen MR) is 87.8 cm³/mol. The molecule has 1 saturated heterocycles. The molecular formula is C16H21N3O4S. The molecule has 1 aromatic carbocycles. The van der Waals surface area contributed by atoms with Gasteiger partial charge in [-0.3, -0.25) is 4.79 Å². The lowest BCUT2D eigenvalue weighted by atomic mass is 10.1. The van der Waals surface area contributed by atoms with Crippen LogP contribution in [0.5, 0.6) is 0 Å². The molecule has 0 bridgehead atoms. The van der Waals surface area contributed by atoms with Crippen LogP contribution < -0.4 is 0 Å². The fraction of sp³-hybridized carbons (Fsp3) is 0.500. The molecule has 1 aliphatic rings. The van der Waals surface area contributed by atoms with E-state index < -0.39 is 16.1 Å². The van der Waals surface area contributed by atoms with Crippen LogP contribution in [-0.2, 0) is 14.8 Å². The molecule has 0 spiro atoms. The molecule has 24 heavy (non-hydrogen) atoms. The lowest BCUT2D eigenvalue weighted by Crippen LogP contribution is -2.47. The number of rotatable bonds is 4. The van der Waals surface area contributed by atoms with Crippen LogP contribution in [0.4, 0.5) is 0 Å². The number of carbonyl (C=O) groups excluding carboxylic acids is 1. The third-order valence-electron chi connectivity index (χ3n) is 4.04. The Morgan fingerprint density at radius 1 is 1.38 bits per heavy atom. The molecule has 8 heteroatoms. The molecule has 1 unspecified atom stereocenters. The maximum Gasteiger partial charge on any atom is 0.255 e. The molecule has 1 heterocycles. The van der Waals surface area contributed by atoms with Crippen molar-refractivity contribution in [3.63, 3.8) is 0 Å².